The van der Waals surface area contributed by atoms with E-state index in [0.29, 0.717) is 26.9 Å². The molecule has 0 amide bonds. The predicted octanol–water partition coefficient (Wildman–Crippen LogP) is 4.98. The highest BCUT2D eigenvalue weighted by Crippen LogP contribution is 2.30. The summed E-state index contributed by atoms with van der Waals surface area (Å²) in [5, 5.41) is 1.02. The summed E-state index contributed by atoms with van der Waals surface area (Å²) >= 11 is 12.0. The van der Waals surface area contributed by atoms with Gasteiger partial charge in [-0.15, -0.1) is 0 Å². The minimum absolute atomic E-state index is 0.415. The van der Waals surface area contributed by atoms with Crippen LogP contribution in [0.3, 0.4) is 0 Å². The zero-order chi connectivity index (χ0) is 16.4. The molecule has 0 unspecified atom stereocenters. The molecule has 116 valence electrons. The number of ether oxygens (including phenoxy) is 2. The van der Waals surface area contributed by atoms with E-state index in [1.807, 2.05) is 24.3 Å². The fourth-order valence-corrected chi connectivity index (χ4v) is 2.64. The van der Waals surface area contributed by atoms with Crippen LogP contribution in [0.5, 0.6) is 5.75 Å². The van der Waals surface area contributed by atoms with Gasteiger partial charge in [0, 0.05) is 15.6 Å². The molecule has 0 fully saturated rings. The number of cyclic esters (lactones) is 1. The van der Waals surface area contributed by atoms with Crippen LogP contribution in [-0.4, -0.2) is 13.1 Å². The molecule has 0 radical (unpaired) electrons. The minimum atomic E-state index is -0.415. The Morgan fingerprint density at radius 2 is 1.83 bits per heavy atom. The Bertz CT molecular complexity index is 821. The van der Waals surface area contributed by atoms with E-state index in [9.17, 15) is 4.79 Å². The molecule has 1 aliphatic rings. The number of rotatable bonds is 3. The first-order valence-corrected chi connectivity index (χ1v) is 7.57. The molecule has 5 heteroatoms. The molecule has 2 aromatic carbocycles. The van der Waals surface area contributed by atoms with Gasteiger partial charge in [-0.1, -0.05) is 29.3 Å². The number of hydrogen-bond acceptors (Lipinski definition) is 3. The van der Waals surface area contributed by atoms with Crippen LogP contribution in [0.2, 0.25) is 10.0 Å². The van der Waals surface area contributed by atoms with Crippen LogP contribution in [-0.2, 0) is 9.53 Å². The van der Waals surface area contributed by atoms with E-state index in [1.165, 1.54) is 0 Å². The van der Waals surface area contributed by atoms with E-state index in [0.717, 1.165) is 11.3 Å². The predicted molar refractivity (Wildman–Crippen MR) is 91.5 cm³/mol. The molecule has 0 bridgehead atoms. The highest BCUT2D eigenvalue weighted by molar-refractivity contribution is 6.35. The van der Waals surface area contributed by atoms with Crippen molar-refractivity contribution in [2.45, 2.75) is 0 Å². The van der Waals surface area contributed by atoms with Crippen LogP contribution in [0, 0.1) is 0 Å². The first-order valence-electron chi connectivity index (χ1n) is 6.82. The van der Waals surface area contributed by atoms with Crippen molar-refractivity contribution in [1.82, 2.24) is 0 Å². The summed E-state index contributed by atoms with van der Waals surface area (Å²) in [6.45, 7) is 0. The molecular weight excluding hydrogens is 335 g/mol. The standard InChI is InChI=1S/C18H12Cl2O3/c1-22-15-6-3-11(4-7-15)17-9-13(18(21)23-17)8-12-2-5-14(19)10-16(12)20/h2-10H,1H3/b13-8+. The Labute approximate surface area is 143 Å². The highest BCUT2D eigenvalue weighted by Gasteiger charge is 2.22. The van der Waals surface area contributed by atoms with Crippen molar-refractivity contribution < 1.29 is 14.3 Å². The SMILES string of the molecule is COc1ccc(C2=C/C(=C\c3ccc(Cl)cc3Cl)C(=O)O2)cc1. The van der Waals surface area contributed by atoms with E-state index in [1.54, 1.807) is 37.5 Å². The van der Waals surface area contributed by atoms with E-state index in [-0.39, 0.29) is 0 Å². The summed E-state index contributed by atoms with van der Waals surface area (Å²) in [7, 11) is 1.60. The molecule has 0 aromatic heterocycles. The van der Waals surface area contributed by atoms with E-state index >= 15 is 0 Å². The largest absolute Gasteiger partial charge is 0.497 e. The molecule has 2 aromatic rings. The van der Waals surface area contributed by atoms with Crippen LogP contribution in [0.15, 0.2) is 54.1 Å². The van der Waals surface area contributed by atoms with E-state index < -0.39 is 5.97 Å². The molecule has 1 aliphatic heterocycles. The van der Waals surface area contributed by atoms with Crippen LogP contribution in [0.25, 0.3) is 11.8 Å². The average Bonchev–Trinajstić information content (AvgIpc) is 2.91. The van der Waals surface area contributed by atoms with Crippen LogP contribution in [0.4, 0.5) is 0 Å². The molecule has 1 heterocycles. The van der Waals surface area contributed by atoms with Crippen molar-refractivity contribution in [3.63, 3.8) is 0 Å². The molecule has 0 spiro atoms. The second kappa shape index (κ2) is 6.49. The Hall–Kier alpha value is -2.23. The Morgan fingerprint density at radius 1 is 1.09 bits per heavy atom. The summed E-state index contributed by atoms with van der Waals surface area (Å²) < 4.78 is 10.4. The van der Waals surface area contributed by atoms with Gasteiger partial charge >= 0.3 is 5.97 Å². The van der Waals surface area contributed by atoms with Gasteiger partial charge in [0.25, 0.3) is 0 Å². The maximum absolute atomic E-state index is 12.0. The van der Waals surface area contributed by atoms with Crippen molar-refractivity contribution >= 4 is 41.0 Å². The first-order chi connectivity index (χ1) is 11.1. The van der Waals surface area contributed by atoms with E-state index in [4.69, 9.17) is 32.7 Å². The van der Waals surface area contributed by atoms with Gasteiger partial charge in [0.15, 0.2) is 0 Å². The molecule has 0 saturated carbocycles. The van der Waals surface area contributed by atoms with Crippen LogP contribution in [0.1, 0.15) is 11.1 Å². The fourth-order valence-electron chi connectivity index (χ4n) is 2.17. The molecule has 3 nitrogen and oxygen atoms in total. The lowest BCUT2D eigenvalue weighted by Gasteiger charge is -2.03. The van der Waals surface area contributed by atoms with Gasteiger partial charge < -0.3 is 9.47 Å². The molecule has 0 N–H and O–H groups in total. The second-order valence-corrected chi connectivity index (χ2v) is 5.74. The molecule has 3 rings (SSSR count). The Balaban J connectivity index is 1.92. The monoisotopic (exact) mass is 346 g/mol. The van der Waals surface area contributed by atoms with Gasteiger partial charge in [0.2, 0.25) is 0 Å². The van der Waals surface area contributed by atoms with Crippen LogP contribution < -0.4 is 4.74 Å². The van der Waals surface area contributed by atoms with Crippen molar-refractivity contribution in [2.75, 3.05) is 7.11 Å². The zero-order valence-corrected chi connectivity index (χ0v) is 13.7. The topological polar surface area (TPSA) is 35.5 Å². The summed E-state index contributed by atoms with van der Waals surface area (Å²) in [6, 6.07) is 12.4. The summed E-state index contributed by atoms with van der Waals surface area (Å²) in [5.41, 5.74) is 1.93. The molecule has 0 saturated heterocycles. The number of esters is 1. The maximum Gasteiger partial charge on any atom is 0.343 e. The lowest BCUT2D eigenvalue weighted by molar-refractivity contribution is -0.130. The zero-order valence-electron chi connectivity index (χ0n) is 12.2. The number of benzene rings is 2. The summed E-state index contributed by atoms with van der Waals surface area (Å²) in [6.07, 6.45) is 3.37. The molecular formula is C18H12Cl2O3. The van der Waals surface area contributed by atoms with Gasteiger partial charge in [-0.25, -0.2) is 4.79 Å². The number of carbonyl (C=O) groups excluding carboxylic acids is 1. The lowest BCUT2D eigenvalue weighted by Crippen LogP contribution is -1.97. The van der Waals surface area contributed by atoms with Gasteiger partial charge in [-0.05, 0) is 54.1 Å². The molecule has 0 atom stereocenters. The third kappa shape index (κ3) is 3.41. The van der Waals surface area contributed by atoms with Crippen LogP contribution >= 0.6 is 23.2 Å². The smallest absolute Gasteiger partial charge is 0.343 e. The van der Waals surface area contributed by atoms with Gasteiger partial charge in [-0.3, -0.25) is 0 Å². The maximum atomic E-state index is 12.0. The van der Waals surface area contributed by atoms with Crippen molar-refractivity contribution in [3.05, 3.63) is 75.3 Å². The van der Waals surface area contributed by atoms with Crippen molar-refractivity contribution in [2.24, 2.45) is 0 Å². The number of hydrogen-bond donors (Lipinski definition) is 0. The Morgan fingerprint density at radius 3 is 2.48 bits per heavy atom. The summed E-state index contributed by atoms with van der Waals surface area (Å²) in [5.74, 6) is 0.818. The number of methoxy groups -OCH3 is 1. The number of carbonyl (C=O) groups is 1. The van der Waals surface area contributed by atoms with Crippen molar-refractivity contribution in [3.8, 4) is 5.75 Å². The number of halogens is 2. The highest BCUT2D eigenvalue weighted by atomic mass is 35.5. The molecule has 23 heavy (non-hydrogen) atoms. The minimum Gasteiger partial charge on any atom is -0.497 e. The lowest BCUT2D eigenvalue weighted by atomic mass is 10.1. The summed E-state index contributed by atoms with van der Waals surface area (Å²) in [4.78, 5) is 12.0. The normalized spacial score (nSPS) is 15.5. The van der Waals surface area contributed by atoms with Gasteiger partial charge in [0.05, 0.1) is 12.7 Å². The van der Waals surface area contributed by atoms with Crippen molar-refractivity contribution in [1.29, 1.82) is 0 Å². The van der Waals surface area contributed by atoms with Gasteiger partial charge in [0.1, 0.15) is 11.5 Å². The fraction of sp³-hybridized carbons (Fsp3) is 0.0556. The average molecular weight is 347 g/mol. The van der Waals surface area contributed by atoms with E-state index in [2.05, 4.69) is 0 Å². The quantitative estimate of drug-likeness (QED) is 0.580. The van der Waals surface area contributed by atoms with Gasteiger partial charge in [-0.2, -0.15) is 0 Å². The third-order valence-electron chi connectivity index (χ3n) is 3.37. The molecule has 0 aliphatic carbocycles. The third-order valence-corrected chi connectivity index (χ3v) is 3.94. The second-order valence-electron chi connectivity index (χ2n) is 4.89. The Kier molecular flexibility index (Phi) is 4.42. The first kappa shape index (κ1) is 15.7.